The molecule has 2 saturated heterocycles. The zero-order valence-electron chi connectivity index (χ0n) is 16.2. The van der Waals surface area contributed by atoms with Crippen LogP contribution >= 0.6 is 23.8 Å². The van der Waals surface area contributed by atoms with Crippen LogP contribution in [-0.2, 0) is 4.79 Å². The molecule has 148 valence electrons. The predicted octanol–water partition coefficient (Wildman–Crippen LogP) is 3.16. The van der Waals surface area contributed by atoms with Crippen LogP contribution in [0.2, 0.25) is 5.02 Å². The smallest absolute Gasteiger partial charge is 0.236 e. The largest absolute Gasteiger partial charge is 0.346 e. The first kappa shape index (κ1) is 20.4. The van der Waals surface area contributed by atoms with Gasteiger partial charge in [0.15, 0.2) is 5.11 Å². The van der Waals surface area contributed by atoms with Crippen molar-refractivity contribution in [3.05, 3.63) is 29.3 Å². The van der Waals surface area contributed by atoms with Crippen LogP contribution in [-0.4, -0.2) is 71.5 Å². The van der Waals surface area contributed by atoms with Gasteiger partial charge in [-0.2, -0.15) is 0 Å². The molecule has 27 heavy (non-hydrogen) atoms. The Hall–Kier alpha value is -1.37. The van der Waals surface area contributed by atoms with E-state index in [9.17, 15) is 4.79 Å². The summed E-state index contributed by atoms with van der Waals surface area (Å²) in [6.07, 6.45) is 1.22. The number of rotatable bonds is 3. The van der Waals surface area contributed by atoms with Gasteiger partial charge >= 0.3 is 0 Å². The molecule has 0 aromatic heterocycles. The number of nitrogens with zero attached hydrogens (tertiary/aromatic N) is 3. The first-order valence-corrected chi connectivity index (χ1v) is 10.5. The molecule has 5 nitrogen and oxygen atoms in total. The van der Waals surface area contributed by atoms with E-state index in [0.29, 0.717) is 23.4 Å². The fourth-order valence-electron chi connectivity index (χ4n) is 4.00. The third kappa shape index (κ3) is 5.80. The number of carbonyl (C=O) groups is 1. The maximum atomic E-state index is 12.7. The molecule has 0 aliphatic carbocycles. The lowest BCUT2D eigenvalue weighted by Gasteiger charge is -2.39. The average Bonchev–Trinajstić information content (AvgIpc) is 2.63. The first-order valence-electron chi connectivity index (χ1n) is 9.72. The van der Waals surface area contributed by atoms with Crippen LogP contribution in [0.15, 0.2) is 24.3 Å². The number of hydrogen-bond acceptors (Lipinski definition) is 3. The maximum absolute atomic E-state index is 12.7. The van der Waals surface area contributed by atoms with Crippen LogP contribution in [0, 0.1) is 11.8 Å². The number of benzene rings is 1. The van der Waals surface area contributed by atoms with Gasteiger partial charge in [0, 0.05) is 50.0 Å². The summed E-state index contributed by atoms with van der Waals surface area (Å²) in [4.78, 5) is 19.1. The minimum Gasteiger partial charge on any atom is -0.346 e. The fourth-order valence-corrected chi connectivity index (χ4v) is 4.43. The Morgan fingerprint density at radius 2 is 1.67 bits per heavy atom. The van der Waals surface area contributed by atoms with Crippen LogP contribution in [0.1, 0.15) is 20.3 Å². The highest BCUT2D eigenvalue weighted by molar-refractivity contribution is 7.80. The lowest BCUT2D eigenvalue weighted by molar-refractivity contribution is -0.135. The highest BCUT2D eigenvalue weighted by Crippen LogP contribution is 2.21. The molecule has 0 spiro atoms. The third-order valence-electron chi connectivity index (χ3n) is 5.34. The summed E-state index contributed by atoms with van der Waals surface area (Å²) in [5.41, 5.74) is 0.940. The van der Waals surface area contributed by atoms with E-state index in [0.717, 1.165) is 50.1 Å². The molecule has 0 bridgehead atoms. The Labute approximate surface area is 172 Å². The first-order chi connectivity index (χ1) is 12.9. The average molecular weight is 409 g/mol. The highest BCUT2D eigenvalue weighted by Gasteiger charge is 2.27. The second-order valence-electron chi connectivity index (χ2n) is 7.95. The van der Waals surface area contributed by atoms with Gasteiger partial charge in [-0.1, -0.05) is 25.4 Å². The van der Waals surface area contributed by atoms with Crippen LogP contribution in [0.3, 0.4) is 0 Å². The van der Waals surface area contributed by atoms with E-state index in [1.807, 2.05) is 24.3 Å². The van der Waals surface area contributed by atoms with Crippen molar-refractivity contribution < 1.29 is 4.79 Å². The Morgan fingerprint density at radius 3 is 2.26 bits per heavy atom. The predicted molar refractivity (Wildman–Crippen MR) is 115 cm³/mol. The number of hydrogen-bond donors (Lipinski definition) is 1. The summed E-state index contributed by atoms with van der Waals surface area (Å²) >= 11 is 11.5. The summed E-state index contributed by atoms with van der Waals surface area (Å²) in [7, 11) is 0. The number of amides is 1. The summed E-state index contributed by atoms with van der Waals surface area (Å²) in [5.74, 6) is 1.47. The zero-order chi connectivity index (χ0) is 19.4. The standard InChI is InChI=1S/C20H29ClN4OS/c1-15-11-16(2)13-25(12-15)19(26)14-23-7-9-24(10-8-23)20(27)22-18-5-3-17(21)4-6-18/h3-6,15-16H,7-14H2,1-2H3,(H,22,27)/t15-,16+. The van der Waals surface area contributed by atoms with Gasteiger partial charge in [-0.15, -0.1) is 0 Å². The molecule has 2 heterocycles. The molecule has 7 heteroatoms. The highest BCUT2D eigenvalue weighted by atomic mass is 35.5. The minimum atomic E-state index is 0.267. The number of anilines is 1. The molecule has 0 unspecified atom stereocenters. The van der Waals surface area contributed by atoms with Crippen molar-refractivity contribution in [1.29, 1.82) is 0 Å². The lowest BCUT2D eigenvalue weighted by atomic mass is 9.92. The maximum Gasteiger partial charge on any atom is 0.236 e. The molecule has 1 amide bonds. The van der Waals surface area contributed by atoms with E-state index >= 15 is 0 Å². The van der Waals surface area contributed by atoms with Crippen molar-refractivity contribution in [2.45, 2.75) is 20.3 Å². The normalized spacial score (nSPS) is 24.0. The third-order valence-corrected chi connectivity index (χ3v) is 5.95. The number of thiocarbonyl (C=S) groups is 1. The van der Waals surface area contributed by atoms with Crippen molar-refractivity contribution >= 4 is 40.5 Å². The molecule has 1 aromatic rings. The van der Waals surface area contributed by atoms with Gasteiger partial charge in [-0.3, -0.25) is 9.69 Å². The number of piperidine rings is 1. The second-order valence-corrected chi connectivity index (χ2v) is 8.77. The van der Waals surface area contributed by atoms with Gasteiger partial charge in [0.2, 0.25) is 5.91 Å². The lowest BCUT2D eigenvalue weighted by Crippen LogP contribution is -2.53. The zero-order valence-corrected chi connectivity index (χ0v) is 17.7. The van der Waals surface area contributed by atoms with Gasteiger partial charge in [0.1, 0.15) is 0 Å². The SMILES string of the molecule is C[C@@H]1C[C@H](C)CN(C(=O)CN2CCN(C(=S)Nc3ccc(Cl)cc3)CC2)C1. The van der Waals surface area contributed by atoms with Crippen molar-refractivity contribution in [2.24, 2.45) is 11.8 Å². The molecule has 2 atom stereocenters. The van der Waals surface area contributed by atoms with E-state index in [2.05, 4.69) is 33.9 Å². The summed E-state index contributed by atoms with van der Waals surface area (Å²) in [6.45, 7) is 10.2. The molecule has 1 aromatic carbocycles. The van der Waals surface area contributed by atoms with Crippen molar-refractivity contribution in [2.75, 3.05) is 51.1 Å². The van der Waals surface area contributed by atoms with Crippen molar-refractivity contribution in [3.8, 4) is 0 Å². The van der Waals surface area contributed by atoms with Crippen LogP contribution in [0.4, 0.5) is 5.69 Å². The Kier molecular flexibility index (Phi) is 6.95. The molecule has 0 saturated carbocycles. The molecular formula is C20H29ClN4OS. The second kappa shape index (κ2) is 9.22. The molecule has 0 radical (unpaired) electrons. The fraction of sp³-hybridized carbons (Fsp3) is 0.600. The van der Waals surface area contributed by atoms with Crippen LogP contribution < -0.4 is 5.32 Å². The van der Waals surface area contributed by atoms with Crippen LogP contribution in [0.25, 0.3) is 0 Å². The molecule has 2 aliphatic rings. The summed E-state index contributed by atoms with van der Waals surface area (Å²) in [6, 6.07) is 7.53. The van der Waals surface area contributed by atoms with Crippen molar-refractivity contribution in [1.82, 2.24) is 14.7 Å². The Morgan fingerprint density at radius 1 is 1.07 bits per heavy atom. The molecular weight excluding hydrogens is 380 g/mol. The number of carbonyl (C=O) groups excluding carboxylic acids is 1. The minimum absolute atomic E-state index is 0.267. The number of nitrogens with one attached hydrogen (secondary N) is 1. The van der Waals surface area contributed by atoms with E-state index in [1.165, 1.54) is 6.42 Å². The number of likely N-dealkylation sites (tertiary alicyclic amines) is 1. The topological polar surface area (TPSA) is 38.8 Å². The van der Waals surface area contributed by atoms with Crippen molar-refractivity contribution in [3.63, 3.8) is 0 Å². The molecule has 2 fully saturated rings. The van der Waals surface area contributed by atoms with E-state index in [4.69, 9.17) is 23.8 Å². The molecule has 1 N–H and O–H groups in total. The number of halogens is 1. The van der Waals surface area contributed by atoms with Gasteiger partial charge in [-0.05, 0) is 54.7 Å². The van der Waals surface area contributed by atoms with Crippen LogP contribution in [0.5, 0.6) is 0 Å². The van der Waals surface area contributed by atoms with Gasteiger partial charge in [0.25, 0.3) is 0 Å². The Bertz CT molecular complexity index is 650. The van der Waals surface area contributed by atoms with Gasteiger partial charge in [0.05, 0.1) is 6.54 Å². The quantitative estimate of drug-likeness (QED) is 0.778. The number of piperazine rings is 1. The molecule has 3 rings (SSSR count). The summed E-state index contributed by atoms with van der Waals surface area (Å²) in [5, 5.41) is 4.70. The summed E-state index contributed by atoms with van der Waals surface area (Å²) < 4.78 is 0. The van der Waals surface area contributed by atoms with E-state index < -0.39 is 0 Å². The molecule has 2 aliphatic heterocycles. The van der Waals surface area contributed by atoms with E-state index in [1.54, 1.807) is 0 Å². The van der Waals surface area contributed by atoms with Gasteiger partial charge in [-0.25, -0.2) is 0 Å². The Balaban J connectivity index is 1.43. The van der Waals surface area contributed by atoms with E-state index in [-0.39, 0.29) is 5.91 Å². The van der Waals surface area contributed by atoms with Gasteiger partial charge < -0.3 is 15.1 Å². The monoisotopic (exact) mass is 408 g/mol.